The third-order valence-corrected chi connectivity index (χ3v) is 2.53. The van der Waals surface area contributed by atoms with Crippen LogP contribution >= 0.6 is 0 Å². The highest BCUT2D eigenvalue weighted by Gasteiger charge is 2.11. The van der Waals surface area contributed by atoms with Gasteiger partial charge in [0.1, 0.15) is 11.6 Å². The second-order valence-electron chi connectivity index (χ2n) is 4.58. The van der Waals surface area contributed by atoms with Gasteiger partial charge in [0, 0.05) is 23.5 Å². The van der Waals surface area contributed by atoms with Gasteiger partial charge in [-0.2, -0.15) is 0 Å². The Bertz CT molecular complexity index is 565. The number of benzene rings is 1. The van der Waals surface area contributed by atoms with Gasteiger partial charge in [0.25, 0.3) is 0 Å². The lowest BCUT2D eigenvalue weighted by atomic mass is 10.1. The number of pyridine rings is 1. The minimum absolute atomic E-state index is 0.193. The van der Waals surface area contributed by atoms with Crippen molar-refractivity contribution < 1.29 is 8.78 Å². The summed E-state index contributed by atoms with van der Waals surface area (Å²) in [5, 5.41) is 0.193. The van der Waals surface area contributed by atoms with Crippen LogP contribution in [0.4, 0.5) is 14.5 Å². The molecule has 90 valence electrons. The normalized spacial score (nSPS) is 11.4. The van der Waals surface area contributed by atoms with Crippen LogP contribution in [0.25, 0.3) is 10.9 Å². The van der Waals surface area contributed by atoms with Gasteiger partial charge in [-0.15, -0.1) is 0 Å². The molecule has 0 fully saturated rings. The van der Waals surface area contributed by atoms with Gasteiger partial charge < -0.3 is 5.73 Å². The third kappa shape index (κ3) is 2.35. The Morgan fingerprint density at radius 2 is 1.94 bits per heavy atom. The molecule has 0 atom stereocenters. The van der Waals surface area contributed by atoms with E-state index in [2.05, 4.69) is 4.98 Å². The summed E-state index contributed by atoms with van der Waals surface area (Å²) in [4.78, 5) is 4.24. The number of fused-ring (bicyclic) bond motifs is 1. The fraction of sp³-hybridized carbons (Fsp3) is 0.308. The Hall–Kier alpha value is -1.71. The highest BCUT2D eigenvalue weighted by Crippen LogP contribution is 2.25. The summed E-state index contributed by atoms with van der Waals surface area (Å²) in [6, 6.07) is 3.68. The lowest BCUT2D eigenvalue weighted by molar-refractivity contribution is 0.591. The maximum Gasteiger partial charge on any atom is 0.137 e. The van der Waals surface area contributed by atoms with E-state index in [1.54, 1.807) is 6.07 Å². The average molecular weight is 236 g/mol. The van der Waals surface area contributed by atoms with E-state index in [0.29, 0.717) is 11.6 Å². The van der Waals surface area contributed by atoms with E-state index in [-0.39, 0.29) is 10.9 Å². The van der Waals surface area contributed by atoms with Crippen LogP contribution in [0.3, 0.4) is 0 Å². The molecule has 4 heteroatoms. The number of hydrogen-bond donors (Lipinski definition) is 1. The highest BCUT2D eigenvalue weighted by molar-refractivity contribution is 5.90. The monoisotopic (exact) mass is 236 g/mol. The molecule has 2 N–H and O–H groups in total. The van der Waals surface area contributed by atoms with Crippen molar-refractivity contribution >= 4 is 16.6 Å². The van der Waals surface area contributed by atoms with Gasteiger partial charge in [0.05, 0.1) is 10.9 Å². The lowest BCUT2D eigenvalue weighted by Crippen LogP contribution is -2.01. The Labute approximate surface area is 98.5 Å². The van der Waals surface area contributed by atoms with Crippen LogP contribution < -0.4 is 5.73 Å². The van der Waals surface area contributed by atoms with Crippen LogP contribution in [-0.4, -0.2) is 4.98 Å². The van der Waals surface area contributed by atoms with Gasteiger partial charge >= 0.3 is 0 Å². The molecule has 2 aromatic rings. The standard InChI is InChI=1S/C13H14F2N2/c1-7(2)3-9-6-11(16)13-10(15)4-8(14)5-12(13)17-9/h4-7H,3H2,1-2H3,(H2,16,17). The largest absolute Gasteiger partial charge is 0.398 e. The van der Waals surface area contributed by atoms with Crippen molar-refractivity contribution in [2.75, 3.05) is 5.73 Å². The third-order valence-electron chi connectivity index (χ3n) is 2.53. The van der Waals surface area contributed by atoms with Crippen LogP contribution in [0.5, 0.6) is 0 Å². The Morgan fingerprint density at radius 1 is 1.24 bits per heavy atom. The molecule has 0 saturated carbocycles. The molecule has 1 aromatic heterocycles. The fourth-order valence-corrected chi connectivity index (χ4v) is 1.90. The topological polar surface area (TPSA) is 38.9 Å². The molecular weight excluding hydrogens is 222 g/mol. The molecule has 0 aliphatic heterocycles. The Morgan fingerprint density at radius 3 is 2.59 bits per heavy atom. The summed E-state index contributed by atoms with van der Waals surface area (Å²) in [5.74, 6) is -0.887. The predicted molar refractivity (Wildman–Crippen MR) is 64.6 cm³/mol. The van der Waals surface area contributed by atoms with E-state index in [9.17, 15) is 8.78 Å². The van der Waals surface area contributed by atoms with E-state index < -0.39 is 11.6 Å². The first-order chi connectivity index (χ1) is 7.97. The smallest absolute Gasteiger partial charge is 0.137 e. The molecule has 2 nitrogen and oxygen atoms in total. The highest BCUT2D eigenvalue weighted by atomic mass is 19.1. The molecule has 1 aromatic carbocycles. The van der Waals surface area contributed by atoms with Crippen molar-refractivity contribution in [3.63, 3.8) is 0 Å². The number of hydrogen-bond acceptors (Lipinski definition) is 2. The number of nitrogens with zero attached hydrogens (tertiary/aromatic N) is 1. The van der Waals surface area contributed by atoms with Crippen molar-refractivity contribution in [3.8, 4) is 0 Å². The van der Waals surface area contributed by atoms with Crippen LogP contribution in [0.2, 0.25) is 0 Å². The molecule has 0 bridgehead atoms. The zero-order valence-corrected chi connectivity index (χ0v) is 9.80. The van der Waals surface area contributed by atoms with Crippen molar-refractivity contribution in [1.82, 2.24) is 4.98 Å². The predicted octanol–water partition coefficient (Wildman–Crippen LogP) is 3.29. The van der Waals surface area contributed by atoms with E-state index >= 15 is 0 Å². The molecule has 17 heavy (non-hydrogen) atoms. The molecule has 0 unspecified atom stereocenters. The van der Waals surface area contributed by atoms with Crippen molar-refractivity contribution in [2.24, 2.45) is 5.92 Å². The Kier molecular flexibility index (Phi) is 2.96. The quantitative estimate of drug-likeness (QED) is 0.868. The molecule has 0 aliphatic rings. The molecule has 0 saturated heterocycles. The molecule has 0 radical (unpaired) electrons. The summed E-state index contributed by atoms with van der Waals surface area (Å²) in [6.07, 6.45) is 0.734. The fourth-order valence-electron chi connectivity index (χ4n) is 1.90. The minimum atomic E-state index is -0.666. The number of anilines is 1. The van der Waals surface area contributed by atoms with Crippen LogP contribution in [0, 0.1) is 17.6 Å². The van der Waals surface area contributed by atoms with Gasteiger partial charge in [-0.3, -0.25) is 4.98 Å². The summed E-state index contributed by atoms with van der Waals surface area (Å²) < 4.78 is 26.6. The summed E-state index contributed by atoms with van der Waals surface area (Å²) in [6.45, 7) is 4.10. The van der Waals surface area contributed by atoms with Crippen molar-refractivity contribution in [2.45, 2.75) is 20.3 Å². The summed E-state index contributed by atoms with van der Waals surface area (Å²) in [7, 11) is 0. The van der Waals surface area contributed by atoms with Gasteiger partial charge in [-0.1, -0.05) is 13.8 Å². The van der Waals surface area contributed by atoms with E-state index in [1.807, 2.05) is 13.8 Å². The number of halogens is 2. The maximum absolute atomic E-state index is 13.5. The van der Waals surface area contributed by atoms with Gasteiger partial charge in [0.2, 0.25) is 0 Å². The van der Waals surface area contributed by atoms with E-state index in [4.69, 9.17) is 5.73 Å². The second kappa shape index (κ2) is 4.28. The molecule has 1 heterocycles. The SMILES string of the molecule is CC(C)Cc1cc(N)c2c(F)cc(F)cc2n1. The van der Waals surface area contributed by atoms with E-state index in [1.165, 1.54) is 6.07 Å². The number of nitrogens with two attached hydrogens (primary N) is 1. The van der Waals surface area contributed by atoms with Crippen LogP contribution in [0.15, 0.2) is 18.2 Å². The number of aromatic nitrogens is 1. The minimum Gasteiger partial charge on any atom is -0.398 e. The zero-order valence-electron chi connectivity index (χ0n) is 9.80. The number of rotatable bonds is 2. The van der Waals surface area contributed by atoms with E-state index in [0.717, 1.165) is 18.2 Å². The molecular formula is C13H14F2N2. The average Bonchev–Trinajstić information content (AvgIpc) is 2.13. The first kappa shape index (κ1) is 11.8. The van der Waals surface area contributed by atoms with Crippen LogP contribution in [0.1, 0.15) is 19.5 Å². The van der Waals surface area contributed by atoms with Gasteiger partial charge in [-0.25, -0.2) is 8.78 Å². The first-order valence-corrected chi connectivity index (χ1v) is 5.51. The first-order valence-electron chi connectivity index (χ1n) is 5.51. The van der Waals surface area contributed by atoms with Crippen molar-refractivity contribution in [3.05, 3.63) is 35.5 Å². The molecule has 0 spiro atoms. The van der Waals surface area contributed by atoms with Crippen LogP contribution in [-0.2, 0) is 6.42 Å². The lowest BCUT2D eigenvalue weighted by Gasteiger charge is -2.09. The zero-order chi connectivity index (χ0) is 12.6. The van der Waals surface area contributed by atoms with Crippen molar-refractivity contribution in [1.29, 1.82) is 0 Å². The molecule has 2 rings (SSSR count). The Balaban J connectivity index is 2.64. The molecule has 0 amide bonds. The van der Waals surface area contributed by atoms with Gasteiger partial charge in [-0.05, 0) is 18.4 Å². The summed E-state index contributed by atoms with van der Waals surface area (Å²) in [5.41, 5.74) is 7.12. The summed E-state index contributed by atoms with van der Waals surface area (Å²) >= 11 is 0. The van der Waals surface area contributed by atoms with Gasteiger partial charge in [0.15, 0.2) is 0 Å². The molecule has 0 aliphatic carbocycles. The maximum atomic E-state index is 13.5. The second-order valence-corrected chi connectivity index (χ2v) is 4.58. The number of nitrogen functional groups attached to an aromatic ring is 1.